The summed E-state index contributed by atoms with van der Waals surface area (Å²) < 4.78 is 24.5. The molecule has 0 spiro atoms. The number of nitrogens with one attached hydrogen (secondary N) is 2. The highest BCUT2D eigenvalue weighted by Gasteiger charge is 2.37. The van der Waals surface area contributed by atoms with E-state index in [0.29, 0.717) is 44.2 Å². The number of carboxylic acids is 1. The van der Waals surface area contributed by atoms with E-state index < -0.39 is 25.5 Å². The molecule has 1 saturated heterocycles. The molecule has 0 radical (unpaired) electrons. The lowest BCUT2D eigenvalue weighted by atomic mass is 10.2. The molecule has 44 heavy (non-hydrogen) atoms. The number of carbonyl (C=O) groups excluding carboxylic acids is 2. The SMILES string of the molecule is CCOP(=O)(C[C@H](NC(=O)c1cc(NC(C)C)nc(-c2ccccc2)n1)C(=O)N1CCN(CCCCC(=O)O)CC1)OCC. The molecule has 3 rings (SSSR count). The molecule has 1 fully saturated rings. The Labute approximate surface area is 259 Å². The second kappa shape index (κ2) is 17.2. The van der Waals surface area contributed by atoms with E-state index in [1.165, 1.54) is 6.07 Å². The number of unbranched alkanes of at least 4 members (excludes halogenated alkanes) is 1. The number of benzene rings is 1. The van der Waals surface area contributed by atoms with Crippen LogP contribution in [0.25, 0.3) is 11.4 Å². The minimum Gasteiger partial charge on any atom is -0.481 e. The van der Waals surface area contributed by atoms with Gasteiger partial charge in [0.1, 0.15) is 17.6 Å². The first-order valence-corrected chi connectivity index (χ1v) is 16.9. The summed E-state index contributed by atoms with van der Waals surface area (Å²) in [5.74, 6) is -1.02. The fraction of sp³-hybridized carbons (Fsp3) is 0.567. The van der Waals surface area contributed by atoms with Crippen molar-refractivity contribution in [2.24, 2.45) is 0 Å². The van der Waals surface area contributed by atoms with Crippen molar-refractivity contribution >= 4 is 31.2 Å². The van der Waals surface area contributed by atoms with Gasteiger partial charge in [-0.1, -0.05) is 30.3 Å². The predicted molar refractivity (Wildman–Crippen MR) is 168 cm³/mol. The van der Waals surface area contributed by atoms with Crippen molar-refractivity contribution in [3.05, 3.63) is 42.1 Å². The Kier molecular flexibility index (Phi) is 13.7. The maximum absolute atomic E-state index is 13.8. The second-order valence-electron chi connectivity index (χ2n) is 10.8. The molecular weight excluding hydrogens is 587 g/mol. The lowest BCUT2D eigenvalue weighted by molar-refractivity contribution is -0.137. The lowest BCUT2D eigenvalue weighted by Crippen LogP contribution is -2.56. The Morgan fingerprint density at radius 3 is 2.25 bits per heavy atom. The third kappa shape index (κ3) is 11.0. The van der Waals surface area contributed by atoms with Gasteiger partial charge in [0.15, 0.2) is 5.82 Å². The smallest absolute Gasteiger partial charge is 0.333 e. The predicted octanol–water partition coefficient (Wildman–Crippen LogP) is 3.73. The molecular formula is C30H45N6O7P. The Bertz CT molecular complexity index is 1280. The second-order valence-corrected chi connectivity index (χ2v) is 12.9. The lowest BCUT2D eigenvalue weighted by Gasteiger charge is -2.37. The standard InChI is InChI=1S/C30H45N6O7P/c1-5-42-44(41,43-6-2)21-25(30(40)36-18-16-35(17-19-36)15-11-10-14-27(37)38)33-29(39)24-20-26(31-22(3)4)34-28(32-24)23-12-8-7-9-13-23/h7-9,12-13,20,22,25H,5-6,10-11,14-19,21H2,1-4H3,(H,33,39)(H,37,38)(H,31,32,34)/t25-/m0/s1. The molecule has 1 aromatic heterocycles. The zero-order valence-electron chi connectivity index (χ0n) is 26.0. The van der Waals surface area contributed by atoms with E-state index in [1.807, 2.05) is 44.2 Å². The number of piperazine rings is 1. The Balaban J connectivity index is 1.82. The van der Waals surface area contributed by atoms with Gasteiger partial charge < -0.3 is 29.7 Å². The first kappa shape index (κ1) is 35.1. The molecule has 1 aromatic carbocycles. The maximum Gasteiger partial charge on any atom is 0.333 e. The van der Waals surface area contributed by atoms with Crippen molar-refractivity contribution in [1.82, 2.24) is 25.1 Å². The summed E-state index contributed by atoms with van der Waals surface area (Å²) in [6.45, 7) is 10.3. The van der Waals surface area contributed by atoms with Gasteiger partial charge in [-0.3, -0.25) is 23.8 Å². The highest BCUT2D eigenvalue weighted by atomic mass is 31.2. The zero-order chi connectivity index (χ0) is 32.1. The summed E-state index contributed by atoms with van der Waals surface area (Å²) in [6.07, 6.45) is 1.15. The highest BCUT2D eigenvalue weighted by Crippen LogP contribution is 2.48. The summed E-state index contributed by atoms with van der Waals surface area (Å²) in [4.78, 5) is 51.2. The molecule has 0 bridgehead atoms. The number of hydrogen-bond donors (Lipinski definition) is 3. The zero-order valence-corrected chi connectivity index (χ0v) is 26.9. The van der Waals surface area contributed by atoms with Crippen LogP contribution in [0.3, 0.4) is 0 Å². The van der Waals surface area contributed by atoms with Crippen LogP contribution in [0.2, 0.25) is 0 Å². The van der Waals surface area contributed by atoms with E-state index in [2.05, 4.69) is 25.5 Å². The largest absolute Gasteiger partial charge is 0.481 e. The molecule has 3 N–H and O–H groups in total. The number of aromatic nitrogens is 2. The minimum absolute atomic E-state index is 0.0397. The number of anilines is 1. The molecule has 242 valence electrons. The summed E-state index contributed by atoms with van der Waals surface area (Å²) >= 11 is 0. The van der Waals surface area contributed by atoms with Crippen LogP contribution < -0.4 is 10.6 Å². The van der Waals surface area contributed by atoms with E-state index in [-0.39, 0.29) is 43.4 Å². The van der Waals surface area contributed by atoms with Gasteiger partial charge in [0.05, 0.1) is 19.4 Å². The normalized spacial score (nSPS) is 14.8. The van der Waals surface area contributed by atoms with Crippen molar-refractivity contribution < 1.29 is 33.1 Å². The Hall–Kier alpha value is -3.38. The molecule has 2 heterocycles. The molecule has 13 nitrogen and oxygen atoms in total. The summed E-state index contributed by atoms with van der Waals surface area (Å²) in [5.41, 5.74) is 0.772. The molecule has 1 aliphatic rings. The van der Waals surface area contributed by atoms with Crippen LogP contribution >= 0.6 is 7.60 Å². The van der Waals surface area contributed by atoms with Crippen LogP contribution in [0.15, 0.2) is 36.4 Å². The number of aliphatic carboxylic acids is 1. The number of amides is 2. The van der Waals surface area contributed by atoms with E-state index in [1.54, 1.807) is 18.7 Å². The van der Waals surface area contributed by atoms with Gasteiger partial charge in [-0.25, -0.2) is 9.97 Å². The molecule has 2 amide bonds. The number of rotatable bonds is 17. The molecule has 0 aliphatic carbocycles. The van der Waals surface area contributed by atoms with Gasteiger partial charge in [-0.2, -0.15) is 0 Å². The van der Waals surface area contributed by atoms with Crippen molar-refractivity contribution in [3.8, 4) is 11.4 Å². The van der Waals surface area contributed by atoms with Gasteiger partial charge in [-0.15, -0.1) is 0 Å². The average molecular weight is 633 g/mol. The fourth-order valence-corrected chi connectivity index (χ4v) is 6.62. The molecule has 1 aliphatic heterocycles. The summed E-state index contributed by atoms with van der Waals surface area (Å²) in [5, 5.41) is 14.8. The van der Waals surface area contributed by atoms with Crippen LogP contribution in [0.4, 0.5) is 5.82 Å². The highest BCUT2D eigenvalue weighted by molar-refractivity contribution is 7.54. The van der Waals surface area contributed by atoms with Gasteiger partial charge >= 0.3 is 13.6 Å². The summed E-state index contributed by atoms with van der Waals surface area (Å²) in [6, 6.07) is 9.64. The van der Waals surface area contributed by atoms with Gasteiger partial charge in [0, 0.05) is 50.3 Å². The molecule has 14 heteroatoms. The first-order valence-electron chi connectivity index (χ1n) is 15.2. The molecule has 0 unspecified atom stereocenters. The van der Waals surface area contributed by atoms with Gasteiger partial charge in [-0.05, 0) is 47.1 Å². The number of nitrogens with zero attached hydrogens (tertiary/aromatic N) is 4. The van der Waals surface area contributed by atoms with Crippen molar-refractivity contribution in [2.75, 3.05) is 57.4 Å². The number of carboxylic acid groups (broad SMARTS) is 1. The molecule has 0 saturated carbocycles. The Morgan fingerprint density at radius 1 is 1.00 bits per heavy atom. The van der Waals surface area contributed by atoms with Crippen LogP contribution in [-0.4, -0.2) is 107 Å². The minimum atomic E-state index is -3.72. The Morgan fingerprint density at radius 2 is 1.66 bits per heavy atom. The van der Waals surface area contributed by atoms with Gasteiger partial charge in [0.2, 0.25) is 5.91 Å². The molecule has 2 aromatic rings. The van der Waals surface area contributed by atoms with E-state index in [0.717, 1.165) is 18.5 Å². The van der Waals surface area contributed by atoms with E-state index >= 15 is 0 Å². The van der Waals surface area contributed by atoms with Crippen LogP contribution in [0.5, 0.6) is 0 Å². The number of carbonyl (C=O) groups is 3. The van der Waals surface area contributed by atoms with E-state index in [9.17, 15) is 18.9 Å². The molecule has 1 atom stereocenters. The van der Waals surface area contributed by atoms with Crippen LogP contribution in [0, 0.1) is 0 Å². The third-order valence-corrected chi connectivity index (χ3v) is 9.00. The topological polar surface area (TPSA) is 163 Å². The maximum atomic E-state index is 13.8. The van der Waals surface area contributed by atoms with Crippen LogP contribution in [-0.2, 0) is 23.2 Å². The monoisotopic (exact) mass is 632 g/mol. The van der Waals surface area contributed by atoms with E-state index in [4.69, 9.17) is 14.2 Å². The van der Waals surface area contributed by atoms with Crippen molar-refractivity contribution in [3.63, 3.8) is 0 Å². The average Bonchev–Trinajstić information content (AvgIpc) is 2.99. The van der Waals surface area contributed by atoms with Gasteiger partial charge in [0.25, 0.3) is 5.91 Å². The van der Waals surface area contributed by atoms with Crippen molar-refractivity contribution in [1.29, 1.82) is 0 Å². The van der Waals surface area contributed by atoms with Crippen molar-refractivity contribution in [2.45, 2.75) is 59.0 Å². The van der Waals surface area contributed by atoms with Crippen LogP contribution in [0.1, 0.15) is 57.4 Å². The fourth-order valence-electron chi connectivity index (χ4n) is 4.85. The third-order valence-electron chi connectivity index (χ3n) is 6.89. The summed E-state index contributed by atoms with van der Waals surface area (Å²) in [7, 11) is -3.72. The quantitative estimate of drug-likeness (QED) is 0.172. The number of hydrogen-bond acceptors (Lipinski definition) is 10. The first-order chi connectivity index (χ1) is 21.0.